The molecule has 6 heteroatoms. The van der Waals surface area contributed by atoms with Crippen LogP contribution in [0.15, 0.2) is 76.1 Å². The van der Waals surface area contributed by atoms with Gasteiger partial charge < -0.3 is 5.11 Å². The number of anilines is 1. The quantitative estimate of drug-likeness (QED) is 0.613. The van der Waals surface area contributed by atoms with E-state index in [9.17, 15) is 13.5 Å². The standard InChI is InChI=1S/C20H18BrNO3S/c1-14-2-3-15(13-23)12-20(14)22-26(24,25)19-10-6-17(7-11-19)16-4-8-18(21)9-5-16/h2-12,22-23H,13H2,1H3. The Morgan fingerprint density at radius 1 is 0.923 bits per heavy atom. The van der Waals surface area contributed by atoms with Gasteiger partial charge in [0.25, 0.3) is 10.0 Å². The Kier molecular flexibility index (Phi) is 5.46. The first-order valence-corrected chi connectivity index (χ1v) is 10.3. The number of sulfonamides is 1. The summed E-state index contributed by atoms with van der Waals surface area (Å²) in [5.74, 6) is 0. The van der Waals surface area contributed by atoms with Crippen LogP contribution in [0.1, 0.15) is 11.1 Å². The first-order chi connectivity index (χ1) is 12.4. The highest BCUT2D eigenvalue weighted by molar-refractivity contribution is 9.10. The fraction of sp³-hybridized carbons (Fsp3) is 0.100. The molecule has 4 nitrogen and oxygen atoms in total. The van der Waals surface area contributed by atoms with Crippen LogP contribution in [0.3, 0.4) is 0 Å². The van der Waals surface area contributed by atoms with Crippen LogP contribution >= 0.6 is 15.9 Å². The van der Waals surface area contributed by atoms with Crippen molar-refractivity contribution in [1.29, 1.82) is 0 Å². The summed E-state index contributed by atoms with van der Waals surface area (Å²) >= 11 is 3.40. The number of aliphatic hydroxyl groups excluding tert-OH is 1. The molecule has 0 aliphatic heterocycles. The summed E-state index contributed by atoms with van der Waals surface area (Å²) in [4.78, 5) is 0.187. The summed E-state index contributed by atoms with van der Waals surface area (Å²) in [5.41, 5.74) is 3.86. The topological polar surface area (TPSA) is 66.4 Å². The molecule has 0 atom stereocenters. The van der Waals surface area contributed by atoms with Gasteiger partial charge in [-0.15, -0.1) is 0 Å². The maximum atomic E-state index is 12.7. The van der Waals surface area contributed by atoms with Crippen LogP contribution in [-0.4, -0.2) is 13.5 Å². The lowest BCUT2D eigenvalue weighted by atomic mass is 10.1. The van der Waals surface area contributed by atoms with Gasteiger partial charge in [-0.1, -0.05) is 52.3 Å². The summed E-state index contributed by atoms with van der Waals surface area (Å²) < 4.78 is 28.9. The maximum Gasteiger partial charge on any atom is 0.261 e. The summed E-state index contributed by atoms with van der Waals surface area (Å²) in [7, 11) is -3.71. The van der Waals surface area contributed by atoms with E-state index in [1.165, 1.54) is 0 Å². The van der Waals surface area contributed by atoms with Gasteiger partial charge in [-0.25, -0.2) is 8.42 Å². The minimum atomic E-state index is -3.71. The van der Waals surface area contributed by atoms with Crippen molar-refractivity contribution < 1.29 is 13.5 Å². The van der Waals surface area contributed by atoms with Crippen LogP contribution in [0.5, 0.6) is 0 Å². The zero-order valence-corrected chi connectivity index (χ0v) is 16.5. The lowest BCUT2D eigenvalue weighted by Gasteiger charge is -2.12. The van der Waals surface area contributed by atoms with Crippen molar-refractivity contribution in [2.75, 3.05) is 4.72 Å². The predicted molar refractivity (Wildman–Crippen MR) is 107 cm³/mol. The normalized spacial score (nSPS) is 11.3. The van der Waals surface area contributed by atoms with E-state index in [4.69, 9.17) is 0 Å². The molecule has 0 aromatic heterocycles. The Balaban J connectivity index is 1.87. The van der Waals surface area contributed by atoms with Crippen molar-refractivity contribution >= 4 is 31.6 Å². The monoisotopic (exact) mass is 431 g/mol. The highest BCUT2D eigenvalue weighted by Crippen LogP contribution is 2.25. The Hall–Kier alpha value is -2.15. The molecule has 0 aliphatic carbocycles. The molecular formula is C20H18BrNO3S. The molecule has 134 valence electrons. The van der Waals surface area contributed by atoms with E-state index < -0.39 is 10.0 Å². The smallest absolute Gasteiger partial charge is 0.261 e. The summed E-state index contributed by atoms with van der Waals surface area (Å²) in [6, 6.07) is 19.8. The third kappa shape index (κ3) is 4.15. The molecule has 0 fully saturated rings. The van der Waals surface area contributed by atoms with Crippen LogP contribution < -0.4 is 4.72 Å². The first kappa shape index (κ1) is 18.6. The summed E-state index contributed by atoms with van der Waals surface area (Å²) in [6.45, 7) is 1.67. The van der Waals surface area contributed by atoms with Crippen LogP contribution in [0.25, 0.3) is 11.1 Å². The molecule has 0 radical (unpaired) electrons. The number of rotatable bonds is 5. The third-order valence-corrected chi connectivity index (χ3v) is 5.98. The minimum absolute atomic E-state index is 0.142. The number of halogens is 1. The van der Waals surface area contributed by atoms with E-state index in [1.54, 1.807) is 42.5 Å². The van der Waals surface area contributed by atoms with Gasteiger partial charge in [-0.05, 0) is 59.5 Å². The zero-order chi connectivity index (χ0) is 18.7. The molecule has 0 amide bonds. The van der Waals surface area contributed by atoms with Crippen molar-refractivity contribution in [2.24, 2.45) is 0 Å². The molecular weight excluding hydrogens is 414 g/mol. The van der Waals surface area contributed by atoms with E-state index in [2.05, 4.69) is 20.7 Å². The molecule has 2 N–H and O–H groups in total. The fourth-order valence-corrected chi connectivity index (χ4v) is 3.94. The van der Waals surface area contributed by atoms with Gasteiger partial charge in [0.1, 0.15) is 0 Å². The number of aliphatic hydroxyl groups is 1. The largest absolute Gasteiger partial charge is 0.392 e. The van der Waals surface area contributed by atoms with Gasteiger partial charge in [-0.3, -0.25) is 4.72 Å². The van der Waals surface area contributed by atoms with Crippen LogP contribution in [0.4, 0.5) is 5.69 Å². The lowest BCUT2D eigenvalue weighted by molar-refractivity contribution is 0.282. The summed E-state index contributed by atoms with van der Waals surface area (Å²) in [5, 5.41) is 9.24. The number of benzene rings is 3. The van der Waals surface area contributed by atoms with E-state index in [0.717, 1.165) is 21.2 Å². The second kappa shape index (κ2) is 7.61. The van der Waals surface area contributed by atoms with E-state index >= 15 is 0 Å². The van der Waals surface area contributed by atoms with E-state index in [0.29, 0.717) is 11.3 Å². The van der Waals surface area contributed by atoms with Crippen molar-refractivity contribution in [1.82, 2.24) is 0 Å². The summed E-state index contributed by atoms with van der Waals surface area (Å²) in [6.07, 6.45) is 0. The number of aryl methyl sites for hydroxylation is 1. The number of nitrogens with one attached hydrogen (secondary N) is 1. The van der Waals surface area contributed by atoms with Crippen molar-refractivity contribution in [3.63, 3.8) is 0 Å². The Morgan fingerprint density at radius 3 is 2.08 bits per heavy atom. The average molecular weight is 432 g/mol. The molecule has 0 unspecified atom stereocenters. The van der Waals surface area contributed by atoms with Crippen molar-refractivity contribution in [3.8, 4) is 11.1 Å². The minimum Gasteiger partial charge on any atom is -0.392 e. The van der Waals surface area contributed by atoms with Gasteiger partial charge in [0.15, 0.2) is 0 Å². The van der Waals surface area contributed by atoms with E-state index in [1.807, 2.05) is 31.2 Å². The molecule has 0 saturated heterocycles. The van der Waals surface area contributed by atoms with Gasteiger partial charge in [0.05, 0.1) is 17.2 Å². The van der Waals surface area contributed by atoms with Gasteiger partial charge in [0.2, 0.25) is 0 Å². The average Bonchev–Trinajstić information content (AvgIpc) is 2.64. The van der Waals surface area contributed by atoms with Crippen LogP contribution in [-0.2, 0) is 16.6 Å². The molecule has 3 aromatic rings. The lowest BCUT2D eigenvalue weighted by Crippen LogP contribution is -2.14. The van der Waals surface area contributed by atoms with Crippen molar-refractivity contribution in [3.05, 3.63) is 82.3 Å². The molecule has 0 heterocycles. The molecule has 3 rings (SSSR count). The van der Waals surface area contributed by atoms with Gasteiger partial charge >= 0.3 is 0 Å². The zero-order valence-electron chi connectivity index (χ0n) is 14.1. The SMILES string of the molecule is Cc1ccc(CO)cc1NS(=O)(=O)c1ccc(-c2ccc(Br)cc2)cc1. The second-order valence-electron chi connectivity index (χ2n) is 5.94. The Morgan fingerprint density at radius 2 is 1.50 bits per heavy atom. The number of hydrogen-bond acceptors (Lipinski definition) is 3. The Bertz CT molecular complexity index is 1010. The molecule has 0 saturated carbocycles. The first-order valence-electron chi connectivity index (χ1n) is 7.98. The van der Waals surface area contributed by atoms with Crippen LogP contribution in [0, 0.1) is 6.92 Å². The fourth-order valence-electron chi connectivity index (χ4n) is 2.55. The molecule has 0 bridgehead atoms. The van der Waals surface area contributed by atoms with Gasteiger partial charge in [-0.2, -0.15) is 0 Å². The highest BCUT2D eigenvalue weighted by atomic mass is 79.9. The molecule has 0 spiro atoms. The molecule has 3 aromatic carbocycles. The predicted octanol–water partition coefficient (Wildman–Crippen LogP) is 4.72. The third-order valence-electron chi connectivity index (χ3n) is 4.07. The maximum absolute atomic E-state index is 12.7. The highest BCUT2D eigenvalue weighted by Gasteiger charge is 2.15. The van der Waals surface area contributed by atoms with Gasteiger partial charge in [0, 0.05) is 4.47 Å². The Labute approximate surface area is 161 Å². The molecule has 26 heavy (non-hydrogen) atoms. The van der Waals surface area contributed by atoms with E-state index in [-0.39, 0.29) is 11.5 Å². The number of hydrogen-bond donors (Lipinski definition) is 2. The second-order valence-corrected chi connectivity index (χ2v) is 8.54. The van der Waals surface area contributed by atoms with Crippen molar-refractivity contribution in [2.45, 2.75) is 18.4 Å². The van der Waals surface area contributed by atoms with Crippen LogP contribution in [0.2, 0.25) is 0 Å². The molecule has 0 aliphatic rings.